The van der Waals surface area contributed by atoms with Crippen LogP contribution in [0, 0.1) is 5.92 Å². The molecule has 10 heteroatoms. The highest BCUT2D eigenvalue weighted by Gasteiger charge is 2.34. The Morgan fingerprint density at radius 2 is 1.44 bits per heavy atom. The zero-order valence-electron chi connectivity index (χ0n) is 20.9. The number of carboxylic acid groups (broad SMARTS) is 1. The molecule has 0 bridgehead atoms. The van der Waals surface area contributed by atoms with E-state index in [-0.39, 0.29) is 12.5 Å². The maximum atomic E-state index is 12.9. The van der Waals surface area contributed by atoms with Crippen molar-refractivity contribution in [1.29, 1.82) is 0 Å². The molecular weight excluding hydrogens is 442 g/mol. The van der Waals surface area contributed by atoms with Crippen LogP contribution in [0.25, 0.3) is 0 Å². The van der Waals surface area contributed by atoms with Gasteiger partial charge >= 0.3 is 12.1 Å². The van der Waals surface area contributed by atoms with Crippen LogP contribution in [-0.2, 0) is 30.5 Å². The topological polar surface area (TPSA) is 143 Å². The summed E-state index contributed by atoms with van der Waals surface area (Å²) in [5, 5.41) is 17.0. The lowest BCUT2D eigenvalue weighted by Crippen LogP contribution is -2.59. The summed E-state index contributed by atoms with van der Waals surface area (Å²) < 4.78 is 10.8. The molecule has 0 fully saturated rings. The fourth-order valence-electron chi connectivity index (χ4n) is 3.07. The smallest absolute Gasteiger partial charge is 0.408 e. The Balaban J connectivity index is 2.72. The van der Waals surface area contributed by atoms with Crippen LogP contribution < -0.4 is 16.0 Å². The molecule has 0 heterocycles. The molecule has 190 valence electrons. The first-order chi connectivity index (χ1) is 15.7. The van der Waals surface area contributed by atoms with E-state index < -0.39 is 53.7 Å². The minimum atomic E-state index is -1.31. The van der Waals surface area contributed by atoms with Gasteiger partial charge in [0.15, 0.2) is 6.04 Å². The van der Waals surface area contributed by atoms with Gasteiger partial charge in [0.25, 0.3) is 0 Å². The standard InChI is InChI=1S/C24H37N3O7/c1-14(2)18(21(29)27-19(22(30)31)16(4)34-24(5,6)7)26-20(28)15(3)25-23(32)33-13-17-11-9-8-10-12-17/h8-12,14-16,18-19H,13H2,1-7H3,(H,25,32)(H,26,28)(H,27,29)(H,30,31)/t15-,16+,18-,19-/m0/s1. The van der Waals surface area contributed by atoms with Gasteiger partial charge in [-0.2, -0.15) is 0 Å². The van der Waals surface area contributed by atoms with Crippen molar-refractivity contribution in [3.63, 3.8) is 0 Å². The predicted octanol–water partition coefficient (Wildman–Crippen LogP) is 2.22. The molecule has 10 nitrogen and oxygen atoms in total. The molecule has 0 unspecified atom stereocenters. The van der Waals surface area contributed by atoms with Gasteiger partial charge in [0.1, 0.15) is 18.7 Å². The lowest BCUT2D eigenvalue weighted by molar-refractivity contribution is -0.150. The highest BCUT2D eigenvalue weighted by molar-refractivity contribution is 5.93. The molecule has 4 atom stereocenters. The third kappa shape index (κ3) is 10.2. The SMILES string of the molecule is CC(C)[C@H](NC(=O)[C@H](C)NC(=O)OCc1ccccc1)C(=O)N[C@H](C(=O)O)[C@@H](C)OC(C)(C)C. The van der Waals surface area contributed by atoms with Crippen molar-refractivity contribution in [2.75, 3.05) is 0 Å². The van der Waals surface area contributed by atoms with E-state index in [1.807, 2.05) is 18.2 Å². The minimum Gasteiger partial charge on any atom is -0.480 e. The van der Waals surface area contributed by atoms with Gasteiger partial charge < -0.3 is 30.5 Å². The summed E-state index contributed by atoms with van der Waals surface area (Å²) in [5.74, 6) is -2.89. The second-order valence-electron chi connectivity index (χ2n) is 9.42. The molecule has 0 radical (unpaired) electrons. The molecular formula is C24H37N3O7. The third-order valence-corrected chi connectivity index (χ3v) is 4.76. The maximum Gasteiger partial charge on any atom is 0.408 e. The van der Waals surface area contributed by atoms with Crippen molar-refractivity contribution in [1.82, 2.24) is 16.0 Å². The average Bonchev–Trinajstić information content (AvgIpc) is 2.72. The quantitative estimate of drug-likeness (QED) is 0.381. The summed E-state index contributed by atoms with van der Waals surface area (Å²) in [7, 11) is 0. The molecule has 0 aliphatic carbocycles. The van der Waals surface area contributed by atoms with Gasteiger partial charge in [-0.15, -0.1) is 0 Å². The van der Waals surface area contributed by atoms with E-state index >= 15 is 0 Å². The summed E-state index contributed by atoms with van der Waals surface area (Å²) >= 11 is 0. The van der Waals surface area contributed by atoms with Crippen molar-refractivity contribution >= 4 is 23.9 Å². The maximum absolute atomic E-state index is 12.9. The number of benzene rings is 1. The zero-order chi connectivity index (χ0) is 26.1. The second-order valence-corrected chi connectivity index (χ2v) is 9.42. The van der Waals surface area contributed by atoms with E-state index in [1.54, 1.807) is 53.7 Å². The number of aliphatic carboxylic acids is 1. The Morgan fingerprint density at radius 1 is 0.882 bits per heavy atom. The number of carbonyl (C=O) groups is 4. The molecule has 0 aromatic heterocycles. The average molecular weight is 480 g/mol. The van der Waals surface area contributed by atoms with E-state index in [2.05, 4.69) is 16.0 Å². The lowest BCUT2D eigenvalue weighted by atomic mass is 10.0. The number of carbonyl (C=O) groups excluding carboxylic acids is 3. The second kappa shape index (κ2) is 12.9. The number of ether oxygens (including phenoxy) is 2. The lowest BCUT2D eigenvalue weighted by Gasteiger charge is -2.31. The van der Waals surface area contributed by atoms with Gasteiger partial charge in [0.2, 0.25) is 11.8 Å². The van der Waals surface area contributed by atoms with Gasteiger partial charge in [-0.1, -0.05) is 44.2 Å². The summed E-state index contributed by atoms with van der Waals surface area (Å²) in [6, 6.07) is 5.74. The van der Waals surface area contributed by atoms with Crippen LogP contribution in [-0.4, -0.2) is 58.8 Å². The van der Waals surface area contributed by atoms with Crippen LogP contribution in [0.4, 0.5) is 4.79 Å². The summed E-state index contributed by atoms with van der Waals surface area (Å²) in [4.78, 5) is 49.2. The van der Waals surface area contributed by atoms with Crippen LogP contribution in [0.15, 0.2) is 30.3 Å². The molecule has 34 heavy (non-hydrogen) atoms. The number of nitrogens with one attached hydrogen (secondary N) is 3. The molecule has 4 N–H and O–H groups in total. The number of hydrogen-bond acceptors (Lipinski definition) is 6. The first-order valence-corrected chi connectivity index (χ1v) is 11.2. The van der Waals surface area contributed by atoms with Gasteiger partial charge in [-0.3, -0.25) is 9.59 Å². The highest BCUT2D eigenvalue weighted by atomic mass is 16.5. The number of amides is 3. The molecule has 0 saturated heterocycles. The molecule has 1 aromatic carbocycles. The molecule has 0 aliphatic rings. The summed E-state index contributed by atoms with van der Waals surface area (Å²) in [5.41, 5.74) is 0.184. The van der Waals surface area contributed by atoms with Crippen molar-refractivity contribution in [3.05, 3.63) is 35.9 Å². The first kappa shape index (κ1) is 28.9. The predicted molar refractivity (Wildman–Crippen MR) is 126 cm³/mol. The summed E-state index contributed by atoms with van der Waals surface area (Å²) in [6.07, 6.45) is -1.60. The van der Waals surface area contributed by atoms with Gasteiger partial charge in [0, 0.05) is 0 Å². The van der Waals surface area contributed by atoms with E-state index in [4.69, 9.17) is 9.47 Å². The van der Waals surface area contributed by atoms with Crippen LogP contribution in [0.2, 0.25) is 0 Å². The Labute approximate surface area is 200 Å². The first-order valence-electron chi connectivity index (χ1n) is 11.2. The highest BCUT2D eigenvalue weighted by Crippen LogP contribution is 2.14. The largest absolute Gasteiger partial charge is 0.480 e. The van der Waals surface area contributed by atoms with E-state index in [9.17, 15) is 24.3 Å². The monoisotopic (exact) mass is 479 g/mol. The van der Waals surface area contributed by atoms with Crippen LogP contribution in [0.1, 0.15) is 54.0 Å². The molecule has 0 saturated carbocycles. The molecule has 0 spiro atoms. The third-order valence-electron chi connectivity index (χ3n) is 4.76. The number of hydrogen-bond donors (Lipinski definition) is 4. The zero-order valence-corrected chi connectivity index (χ0v) is 20.9. The van der Waals surface area contributed by atoms with E-state index in [1.165, 1.54) is 6.92 Å². The van der Waals surface area contributed by atoms with Crippen LogP contribution in [0.5, 0.6) is 0 Å². The Morgan fingerprint density at radius 3 is 1.94 bits per heavy atom. The fraction of sp³-hybridized carbons (Fsp3) is 0.583. The number of alkyl carbamates (subject to hydrolysis) is 1. The van der Waals surface area contributed by atoms with E-state index in [0.29, 0.717) is 0 Å². The number of rotatable bonds is 11. The summed E-state index contributed by atoms with van der Waals surface area (Å²) in [6.45, 7) is 11.8. The van der Waals surface area contributed by atoms with Crippen LogP contribution in [0.3, 0.4) is 0 Å². The normalized spacial score (nSPS) is 14.9. The van der Waals surface area contributed by atoms with Gasteiger partial charge in [-0.05, 0) is 46.1 Å². The Kier molecular flexibility index (Phi) is 11.0. The Bertz CT molecular complexity index is 837. The fourth-order valence-corrected chi connectivity index (χ4v) is 3.07. The Hall–Kier alpha value is -3.14. The van der Waals surface area contributed by atoms with Gasteiger partial charge in [-0.25, -0.2) is 9.59 Å². The van der Waals surface area contributed by atoms with Crippen molar-refractivity contribution < 1.29 is 33.8 Å². The van der Waals surface area contributed by atoms with Crippen molar-refractivity contribution in [2.24, 2.45) is 5.92 Å². The van der Waals surface area contributed by atoms with Crippen LogP contribution >= 0.6 is 0 Å². The molecule has 3 amide bonds. The van der Waals surface area contributed by atoms with Crippen molar-refractivity contribution in [2.45, 2.75) is 84.9 Å². The molecule has 0 aliphatic heterocycles. The number of carboxylic acids is 1. The van der Waals surface area contributed by atoms with Crippen molar-refractivity contribution in [3.8, 4) is 0 Å². The minimum absolute atomic E-state index is 0.0451. The molecule has 1 aromatic rings. The van der Waals surface area contributed by atoms with E-state index in [0.717, 1.165) is 5.56 Å². The molecule has 1 rings (SSSR count). The van der Waals surface area contributed by atoms with Gasteiger partial charge in [0.05, 0.1) is 11.7 Å².